The number of hydrogen-bond acceptors (Lipinski definition) is 3. The fourth-order valence-electron chi connectivity index (χ4n) is 5.91. The highest BCUT2D eigenvalue weighted by Crippen LogP contribution is 2.62. The van der Waals surface area contributed by atoms with Crippen molar-refractivity contribution >= 4 is 11.9 Å². The summed E-state index contributed by atoms with van der Waals surface area (Å²) < 4.78 is 5.65. The van der Waals surface area contributed by atoms with Gasteiger partial charge in [-0.05, 0) is 68.1 Å². The van der Waals surface area contributed by atoms with Crippen LogP contribution in [0.2, 0.25) is 0 Å². The molecule has 0 aromatic rings. The van der Waals surface area contributed by atoms with Gasteiger partial charge in [-0.3, -0.25) is 4.79 Å². The van der Waals surface area contributed by atoms with Crippen LogP contribution in [0.25, 0.3) is 0 Å². The summed E-state index contributed by atoms with van der Waals surface area (Å²) in [6.07, 6.45) is 6.87. The van der Waals surface area contributed by atoms with Crippen molar-refractivity contribution in [1.82, 2.24) is 0 Å². The van der Waals surface area contributed by atoms with Crippen LogP contribution in [-0.4, -0.2) is 23.1 Å². The molecule has 0 aliphatic heterocycles. The molecule has 4 heteroatoms. The number of allylic oxidation sites excluding steroid dienone is 2. The van der Waals surface area contributed by atoms with Crippen molar-refractivity contribution in [3.8, 4) is 0 Å². The van der Waals surface area contributed by atoms with Crippen molar-refractivity contribution < 1.29 is 19.4 Å². The molecule has 0 spiro atoms. The molecule has 146 valence electrons. The Morgan fingerprint density at radius 2 is 1.92 bits per heavy atom. The number of carboxylic acids is 1. The number of carboxylic acid groups (broad SMARTS) is 1. The second-order valence-electron chi connectivity index (χ2n) is 9.30. The van der Waals surface area contributed by atoms with E-state index >= 15 is 0 Å². The predicted molar refractivity (Wildman–Crippen MR) is 103 cm³/mol. The Morgan fingerprint density at radius 3 is 2.50 bits per heavy atom. The van der Waals surface area contributed by atoms with E-state index < -0.39 is 5.97 Å². The molecule has 0 bridgehead atoms. The SMILES string of the molecule is C=C1CC[C@H]2C(C)(C)C[C@@H](OC(C)=O)C[C@]2(C)[C@H]1CC/C(C)=C\C(=O)O. The van der Waals surface area contributed by atoms with Gasteiger partial charge in [0.05, 0.1) is 0 Å². The Labute approximate surface area is 157 Å². The average molecular weight is 363 g/mol. The fraction of sp³-hybridized carbons (Fsp3) is 0.727. The van der Waals surface area contributed by atoms with Gasteiger partial charge in [-0.1, -0.05) is 38.5 Å². The van der Waals surface area contributed by atoms with E-state index in [4.69, 9.17) is 9.84 Å². The summed E-state index contributed by atoms with van der Waals surface area (Å²) in [5.74, 6) is -0.209. The molecule has 4 atom stereocenters. The lowest BCUT2D eigenvalue weighted by molar-refractivity contribution is -0.163. The van der Waals surface area contributed by atoms with E-state index in [2.05, 4.69) is 27.4 Å². The number of aliphatic carboxylic acids is 1. The van der Waals surface area contributed by atoms with Crippen LogP contribution in [0, 0.1) is 22.7 Å². The quantitative estimate of drug-likeness (QED) is 0.418. The van der Waals surface area contributed by atoms with E-state index in [1.807, 2.05) is 6.92 Å². The highest BCUT2D eigenvalue weighted by molar-refractivity contribution is 5.80. The van der Waals surface area contributed by atoms with Crippen LogP contribution in [0.15, 0.2) is 23.8 Å². The van der Waals surface area contributed by atoms with Crippen molar-refractivity contribution in [2.75, 3.05) is 0 Å². The molecule has 2 fully saturated rings. The molecule has 0 saturated heterocycles. The van der Waals surface area contributed by atoms with Gasteiger partial charge in [0.25, 0.3) is 0 Å². The number of rotatable bonds is 5. The third-order valence-electron chi connectivity index (χ3n) is 6.73. The molecule has 4 nitrogen and oxygen atoms in total. The van der Waals surface area contributed by atoms with Crippen LogP contribution in [0.5, 0.6) is 0 Å². The zero-order valence-electron chi connectivity index (χ0n) is 16.9. The lowest BCUT2D eigenvalue weighted by atomic mass is 9.46. The van der Waals surface area contributed by atoms with Crippen LogP contribution < -0.4 is 0 Å². The van der Waals surface area contributed by atoms with Gasteiger partial charge in [0.2, 0.25) is 0 Å². The Hall–Kier alpha value is -1.58. The molecule has 2 aliphatic carbocycles. The van der Waals surface area contributed by atoms with Gasteiger partial charge >= 0.3 is 11.9 Å². The third kappa shape index (κ3) is 4.39. The normalized spacial score (nSPS) is 34.1. The number of carbonyl (C=O) groups excluding carboxylic acids is 1. The first-order valence-corrected chi connectivity index (χ1v) is 9.70. The summed E-state index contributed by atoms with van der Waals surface area (Å²) in [5, 5.41) is 8.96. The van der Waals surface area contributed by atoms with Crippen LogP contribution in [0.1, 0.15) is 73.1 Å². The lowest BCUT2D eigenvalue weighted by Gasteiger charge is -2.59. The zero-order chi connectivity index (χ0) is 19.7. The molecule has 0 unspecified atom stereocenters. The first-order valence-electron chi connectivity index (χ1n) is 9.70. The number of ether oxygens (including phenoxy) is 1. The summed E-state index contributed by atoms with van der Waals surface area (Å²) in [7, 11) is 0. The molecule has 26 heavy (non-hydrogen) atoms. The minimum Gasteiger partial charge on any atom is -0.478 e. The summed E-state index contributed by atoms with van der Waals surface area (Å²) >= 11 is 0. The van der Waals surface area contributed by atoms with Crippen molar-refractivity contribution in [1.29, 1.82) is 0 Å². The first-order chi connectivity index (χ1) is 12.0. The lowest BCUT2D eigenvalue weighted by Crippen LogP contribution is -2.53. The second-order valence-corrected chi connectivity index (χ2v) is 9.30. The molecule has 2 rings (SSSR count). The van der Waals surface area contributed by atoms with Crippen molar-refractivity contribution in [3.05, 3.63) is 23.8 Å². The van der Waals surface area contributed by atoms with Gasteiger partial charge < -0.3 is 9.84 Å². The molecule has 2 saturated carbocycles. The average Bonchev–Trinajstić information content (AvgIpc) is 2.42. The van der Waals surface area contributed by atoms with Crippen LogP contribution in [0.4, 0.5) is 0 Å². The Balaban J connectivity index is 2.27. The van der Waals surface area contributed by atoms with Crippen molar-refractivity contribution in [2.45, 2.75) is 79.2 Å². The van der Waals surface area contributed by atoms with Crippen molar-refractivity contribution in [3.63, 3.8) is 0 Å². The summed E-state index contributed by atoms with van der Waals surface area (Å²) in [4.78, 5) is 22.5. The standard InChI is InChI=1S/C22H34O4/c1-14(11-20(24)25)7-9-18-15(2)8-10-19-21(4,5)12-17(26-16(3)23)13-22(18,19)6/h11,17-19H,2,7-10,12-13H2,1,3-6H3,(H,24,25)/b14-11-/t17-,18+,19+,22-/m1/s1. The number of fused-ring (bicyclic) bond motifs is 1. The van der Waals surface area contributed by atoms with Gasteiger partial charge in [0, 0.05) is 13.0 Å². The van der Waals surface area contributed by atoms with Gasteiger partial charge in [-0.25, -0.2) is 4.79 Å². The van der Waals surface area contributed by atoms with Crippen molar-refractivity contribution in [2.24, 2.45) is 22.7 Å². The van der Waals surface area contributed by atoms with Crippen LogP contribution >= 0.6 is 0 Å². The van der Waals surface area contributed by atoms with Gasteiger partial charge in [-0.15, -0.1) is 0 Å². The Bertz CT molecular complexity index is 616. The van der Waals surface area contributed by atoms with E-state index in [-0.39, 0.29) is 22.9 Å². The van der Waals surface area contributed by atoms with E-state index in [0.717, 1.165) is 44.1 Å². The minimum atomic E-state index is -0.886. The molecular weight excluding hydrogens is 328 g/mol. The van der Waals surface area contributed by atoms with Gasteiger partial charge in [0.1, 0.15) is 6.10 Å². The van der Waals surface area contributed by atoms with Crippen LogP contribution in [-0.2, 0) is 14.3 Å². The molecule has 0 amide bonds. The third-order valence-corrected chi connectivity index (χ3v) is 6.73. The van der Waals surface area contributed by atoms with Gasteiger partial charge in [0.15, 0.2) is 0 Å². The first kappa shape index (κ1) is 20.7. The molecule has 0 radical (unpaired) electrons. The largest absolute Gasteiger partial charge is 0.478 e. The Morgan fingerprint density at radius 1 is 1.27 bits per heavy atom. The Kier molecular flexibility index (Phi) is 6.04. The molecule has 0 heterocycles. The highest BCUT2D eigenvalue weighted by atomic mass is 16.5. The molecule has 0 aromatic carbocycles. The molecular formula is C22H34O4. The minimum absolute atomic E-state index is 0.0285. The van der Waals surface area contributed by atoms with E-state index in [1.54, 1.807) is 0 Å². The van der Waals surface area contributed by atoms with E-state index in [9.17, 15) is 9.59 Å². The summed E-state index contributed by atoms with van der Waals surface area (Å²) in [6, 6.07) is 0. The summed E-state index contributed by atoms with van der Waals surface area (Å²) in [5.41, 5.74) is 2.30. The summed E-state index contributed by atoms with van der Waals surface area (Å²) in [6.45, 7) is 14.7. The molecule has 0 aromatic heterocycles. The number of esters is 1. The van der Waals surface area contributed by atoms with Gasteiger partial charge in [-0.2, -0.15) is 0 Å². The molecule has 1 N–H and O–H groups in total. The molecule has 2 aliphatic rings. The maximum absolute atomic E-state index is 11.5. The fourth-order valence-corrected chi connectivity index (χ4v) is 5.91. The number of hydrogen-bond donors (Lipinski definition) is 1. The monoisotopic (exact) mass is 362 g/mol. The maximum Gasteiger partial charge on any atom is 0.328 e. The second kappa shape index (κ2) is 7.58. The topological polar surface area (TPSA) is 63.6 Å². The highest BCUT2D eigenvalue weighted by Gasteiger charge is 2.55. The smallest absolute Gasteiger partial charge is 0.328 e. The van der Waals surface area contributed by atoms with E-state index in [0.29, 0.717) is 11.8 Å². The predicted octanol–water partition coefficient (Wildman–Crippen LogP) is 5.14. The van der Waals surface area contributed by atoms with E-state index in [1.165, 1.54) is 18.6 Å². The maximum atomic E-state index is 11.5. The zero-order valence-corrected chi connectivity index (χ0v) is 16.9. The van der Waals surface area contributed by atoms with Crippen LogP contribution in [0.3, 0.4) is 0 Å². The number of carbonyl (C=O) groups is 2.